The lowest BCUT2D eigenvalue weighted by atomic mass is 9.90. The Kier molecular flexibility index (Phi) is 4.30. The number of hydrogen-bond acceptors (Lipinski definition) is 3. The minimum Gasteiger partial charge on any atom is -0.496 e. The van der Waals surface area contributed by atoms with E-state index in [1.807, 2.05) is 18.2 Å². The lowest BCUT2D eigenvalue weighted by Gasteiger charge is -2.28. The van der Waals surface area contributed by atoms with Crippen molar-refractivity contribution < 1.29 is 14.9 Å². The second-order valence-corrected chi connectivity index (χ2v) is 5.85. The second-order valence-electron chi connectivity index (χ2n) is 5.00. The first-order valence-corrected chi connectivity index (χ1v) is 7.07. The Hall–Kier alpha value is -0.580. The topological polar surface area (TPSA) is 49.7 Å². The highest BCUT2D eigenvalue weighted by molar-refractivity contribution is 9.10. The molecule has 1 aromatic rings. The van der Waals surface area contributed by atoms with Gasteiger partial charge in [-0.25, -0.2) is 0 Å². The van der Waals surface area contributed by atoms with Gasteiger partial charge in [0.25, 0.3) is 0 Å². The van der Waals surface area contributed by atoms with Crippen LogP contribution in [0.1, 0.15) is 31.2 Å². The summed E-state index contributed by atoms with van der Waals surface area (Å²) in [4.78, 5) is 0. The first-order valence-electron chi connectivity index (χ1n) is 6.28. The molecular weight excluding hydrogens is 296 g/mol. The van der Waals surface area contributed by atoms with Crippen molar-refractivity contribution in [2.75, 3.05) is 7.11 Å². The van der Waals surface area contributed by atoms with Crippen molar-refractivity contribution in [1.82, 2.24) is 0 Å². The molecule has 0 amide bonds. The van der Waals surface area contributed by atoms with Gasteiger partial charge in [-0.2, -0.15) is 0 Å². The van der Waals surface area contributed by atoms with Crippen LogP contribution in [0.4, 0.5) is 0 Å². The summed E-state index contributed by atoms with van der Waals surface area (Å²) in [5, 5.41) is 20.5. The third-order valence-electron chi connectivity index (χ3n) is 3.73. The van der Waals surface area contributed by atoms with E-state index in [2.05, 4.69) is 15.9 Å². The molecule has 1 aliphatic rings. The molecule has 0 radical (unpaired) electrons. The summed E-state index contributed by atoms with van der Waals surface area (Å²) in [7, 11) is 1.62. The molecule has 0 spiro atoms. The number of ether oxygens (including phenoxy) is 1. The maximum atomic E-state index is 10.3. The number of hydrogen-bond donors (Lipinski definition) is 2. The number of halogens is 1. The molecule has 2 N–H and O–H groups in total. The van der Waals surface area contributed by atoms with Gasteiger partial charge >= 0.3 is 0 Å². The molecule has 1 saturated carbocycles. The molecule has 0 bridgehead atoms. The van der Waals surface area contributed by atoms with Crippen LogP contribution in [-0.2, 0) is 6.42 Å². The predicted octanol–water partition coefficient (Wildman–Crippen LogP) is 2.67. The fourth-order valence-electron chi connectivity index (χ4n) is 2.57. The van der Waals surface area contributed by atoms with Gasteiger partial charge in [0, 0.05) is 6.42 Å². The van der Waals surface area contributed by atoms with Gasteiger partial charge in [0.2, 0.25) is 0 Å². The van der Waals surface area contributed by atoms with E-state index in [1.54, 1.807) is 7.11 Å². The van der Waals surface area contributed by atoms with Gasteiger partial charge in [-0.3, -0.25) is 0 Å². The van der Waals surface area contributed by atoms with E-state index in [9.17, 15) is 10.2 Å². The predicted molar refractivity (Wildman–Crippen MR) is 73.8 cm³/mol. The van der Waals surface area contributed by atoms with Crippen molar-refractivity contribution in [3.63, 3.8) is 0 Å². The van der Waals surface area contributed by atoms with Crippen molar-refractivity contribution in [3.8, 4) is 5.75 Å². The largest absolute Gasteiger partial charge is 0.496 e. The Morgan fingerprint density at radius 1 is 1.39 bits per heavy atom. The molecule has 0 aliphatic heterocycles. The monoisotopic (exact) mass is 314 g/mol. The zero-order chi connectivity index (χ0) is 13.2. The van der Waals surface area contributed by atoms with Crippen LogP contribution in [0, 0.1) is 0 Å². The van der Waals surface area contributed by atoms with Gasteiger partial charge < -0.3 is 14.9 Å². The number of aliphatic hydroxyl groups is 2. The van der Waals surface area contributed by atoms with Gasteiger partial charge in [-0.15, -0.1) is 0 Å². The van der Waals surface area contributed by atoms with Gasteiger partial charge in [0.15, 0.2) is 0 Å². The van der Waals surface area contributed by atoms with Crippen molar-refractivity contribution in [2.24, 2.45) is 0 Å². The van der Waals surface area contributed by atoms with Crippen LogP contribution in [0.3, 0.4) is 0 Å². The van der Waals surface area contributed by atoms with Crippen LogP contribution in [0.15, 0.2) is 22.7 Å². The highest BCUT2D eigenvalue weighted by Crippen LogP contribution is 2.34. The molecule has 3 nitrogen and oxygen atoms in total. The maximum Gasteiger partial charge on any atom is 0.133 e. The number of aliphatic hydroxyl groups excluding tert-OH is 1. The van der Waals surface area contributed by atoms with Crippen LogP contribution in [-0.4, -0.2) is 29.0 Å². The summed E-state index contributed by atoms with van der Waals surface area (Å²) < 4.78 is 6.03. The summed E-state index contributed by atoms with van der Waals surface area (Å²) in [6.45, 7) is 0. The second kappa shape index (κ2) is 5.59. The summed E-state index contributed by atoms with van der Waals surface area (Å²) in [5.74, 6) is 0.771. The van der Waals surface area contributed by atoms with E-state index < -0.39 is 11.7 Å². The fourth-order valence-corrected chi connectivity index (χ4v) is 3.16. The molecule has 1 aliphatic carbocycles. The highest BCUT2D eigenvalue weighted by atomic mass is 79.9. The first kappa shape index (κ1) is 13.8. The van der Waals surface area contributed by atoms with Gasteiger partial charge in [-0.1, -0.05) is 18.9 Å². The Labute approximate surface area is 116 Å². The van der Waals surface area contributed by atoms with E-state index in [0.29, 0.717) is 19.3 Å². The Morgan fingerprint density at radius 2 is 2.06 bits per heavy atom. The molecular formula is C14H19BrO3. The van der Waals surface area contributed by atoms with Crippen LogP contribution in [0.2, 0.25) is 0 Å². The quantitative estimate of drug-likeness (QED) is 0.898. The Balaban J connectivity index is 2.07. The number of benzene rings is 1. The fraction of sp³-hybridized carbons (Fsp3) is 0.571. The molecule has 0 saturated heterocycles. The highest BCUT2D eigenvalue weighted by Gasteiger charge is 2.38. The number of methoxy groups -OCH3 is 1. The summed E-state index contributed by atoms with van der Waals surface area (Å²) in [5.41, 5.74) is 0.0994. The van der Waals surface area contributed by atoms with Crippen LogP contribution in [0.25, 0.3) is 0 Å². The average molecular weight is 315 g/mol. The van der Waals surface area contributed by atoms with Crippen molar-refractivity contribution in [3.05, 3.63) is 28.2 Å². The summed E-state index contributed by atoms with van der Waals surface area (Å²) in [6.07, 6.45) is 3.18. The lowest BCUT2D eigenvalue weighted by molar-refractivity contribution is -0.0689. The van der Waals surface area contributed by atoms with Gasteiger partial charge in [0.1, 0.15) is 5.75 Å². The molecule has 0 aromatic heterocycles. The zero-order valence-corrected chi connectivity index (χ0v) is 12.1. The van der Waals surface area contributed by atoms with Crippen molar-refractivity contribution in [1.29, 1.82) is 0 Å². The first-order chi connectivity index (χ1) is 8.55. The molecule has 18 heavy (non-hydrogen) atoms. The molecule has 2 rings (SSSR count). The Bertz CT molecular complexity index is 414. The van der Waals surface area contributed by atoms with Crippen LogP contribution < -0.4 is 4.74 Å². The molecule has 1 fully saturated rings. The average Bonchev–Trinajstić information content (AvgIpc) is 2.78. The van der Waals surface area contributed by atoms with Crippen LogP contribution in [0.5, 0.6) is 5.75 Å². The minimum atomic E-state index is -0.896. The molecule has 1 unspecified atom stereocenters. The smallest absolute Gasteiger partial charge is 0.133 e. The summed E-state index contributed by atoms with van der Waals surface area (Å²) >= 11 is 3.43. The maximum absolute atomic E-state index is 10.3. The van der Waals surface area contributed by atoms with Crippen LogP contribution >= 0.6 is 15.9 Å². The normalized spacial score (nSPS) is 19.8. The minimum absolute atomic E-state index is 0.471. The molecule has 4 heteroatoms. The van der Waals surface area contributed by atoms with Gasteiger partial charge in [0.05, 0.1) is 23.3 Å². The molecule has 100 valence electrons. The zero-order valence-electron chi connectivity index (χ0n) is 10.5. The van der Waals surface area contributed by atoms with E-state index in [4.69, 9.17) is 4.74 Å². The van der Waals surface area contributed by atoms with E-state index in [1.165, 1.54) is 0 Å². The van der Waals surface area contributed by atoms with Crippen molar-refractivity contribution >= 4 is 15.9 Å². The number of rotatable bonds is 4. The molecule has 1 atom stereocenters. The van der Waals surface area contributed by atoms with Gasteiger partial charge in [-0.05, 0) is 46.5 Å². The third-order valence-corrected chi connectivity index (χ3v) is 4.35. The van der Waals surface area contributed by atoms with E-state index in [0.717, 1.165) is 28.6 Å². The lowest BCUT2D eigenvalue weighted by Crippen LogP contribution is -2.40. The van der Waals surface area contributed by atoms with Crippen molar-refractivity contribution in [2.45, 2.75) is 43.8 Å². The summed E-state index contributed by atoms with van der Waals surface area (Å²) in [6, 6.07) is 5.72. The molecule has 1 aromatic carbocycles. The standard InChI is InChI=1S/C14H19BrO3/c1-18-12-5-4-10(8-11(12)15)9-13(16)14(17)6-2-3-7-14/h4-5,8,13,16-17H,2-3,6-7,9H2,1H3. The third kappa shape index (κ3) is 2.87. The van der Waals surface area contributed by atoms with E-state index in [-0.39, 0.29) is 0 Å². The Morgan fingerprint density at radius 3 is 2.61 bits per heavy atom. The van der Waals surface area contributed by atoms with E-state index >= 15 is 0 Å². The molecule has 0 heterocycles. The SMILES string of the molecule is COc1ccc(CC(O)C2(O)CCCC2)cc1Br.